The maximum Gasteiger partial charge on any atom is 0.173 e. The maximum atomic E-state index is 5.89. The SMILES string of the molecule is c1ccc(-n2c(SC[C@H]3CCCCO3)nc3c2CCCC3)cc1. The molecule has 1 saturated heterocycles. The van der Waals surface area contributed by atoms with E-state index < -0.39 is 0 Å². The first kappa shape index (κ1) is 15.3. The van der Waals surface area contributed by atoms with E-state index in [-0.39, 0.29) is 0 Å². The Hall–Kier alpha value is -1.26. The summed E-state index contributed by atoms with van der Waals surface area (Å²) in [4.78, 5) is 4.98. The Kier molecular flexibility index (Phi) is 4.72. The quantitative estimate of drug-likeness (QED) is 0.778. The van der Waals surface area contributed by atoms with Crippen LogP contribution >= 0.6 is 11.8 Å². The summed E-state index contributed by atoms with van der Waals surface area (Å²) in [5, 5.41) is 1.15. The number of fused-ring (bicyclic) bond motifs is 1. The highest BCUT2D eigenvalue weighted by Gasteiger charge is 2.22. The van der Waals surface area contributed by atoms with Crippen molar-refractivity contribution >= 4 is 11.8 Å². The van der Waals surface area contributed by atoms with Gasteiger partial charge < -0.3 is 4.74 Å². The third-order valence-electron chi connectivity index (χ3n) is 4.79. The molecule has 1 atom stereocenters. The monoisotopic (exact) mass is 328 g/mol. The molecule has 0 spiro atoms. The van der Waals surface area contributed by atoms with Crippen molar-refractivity contribution in [3.8, 4) is 5.69 Å². The van der Waals surface area contributed by atoms with Crippen molar-refractivity contribution in [3.05, 3.63) is 41.7 Å². The number of para-hydroxylation sites is 1. The van der Waals surface area contributed by atoms with Crippen LogP contribution in [0.15, 0.2) is 35.5 Å². The summed E-state index contributed by atoms with van der Waals surface area (Å²) in [5.41, 5.74) is 3.98. The van der Waals surface area contributed by atoms with Crippen LogP contribution in [0.2, 0.25) is 0 Å². The lowest BCUT2D eigenvalue weighted by Gasteiger charge is -2.22. The molecule has 0 N–H and O–H groups in total. The first-order valence-electron chi connectivity index (χ1n) is 8.82. The summed E-state index contributed by atoms with van der Waals surface area (Å²) in [6, 6.07) is 10.7. The predicted octanol–water partition coefficient (Wildman–Crippen LogP) is 4.41. The lowest BCUT2D eigenvalue weighted by atomic mass is 10.0. The van der Waals surface area contributed by atoms with E-state index in [4.69, 9.17) is 9.72 Å². The van der Waals surface area contributed by atoms with Crippen LogP contribution in [0.4, 0.5) is 0 Å². The molecule has 2 aromatic rings. The second kappa shape index (κ2) is 7.10. The minimum Gasteiger partial charge on any atom is -0.377 e. The van der Waals surface area contributed by atoms with Crippen molar-refractivity contribution in [2.75, 3.05) is 12.4 Å². The van der Waals surface area contributed by atoms with E-state index in [1.165, 1.54) is 49.2 Å². The number of thioether (sulfide) groups is 1. The smallest absolute Gasteiger partial charge is 0.173 e. The van der Waals surface area contributed by atoms with Gasteiger partial charge in [-0.05, 0) is 57.1 Å². The minimum atomic E-state index is 0.395. The Bertz CT molecular complexity index is 647. The van der Waals surface area contributed by atoms with Crippen LogP contribution in [-0.4, -0.2) is 28.0 Å². The van der Waals surface area contributed by atoms with Crippen molar-refractivity contribution in [2.45, 2.75) is 56.2 Å². The summed E-state index contributed by atoms with van der Waals surface area (Å²) in [5.74, 6) is 1.02. The summed E-state index contributed by atoms with van der Waals surface area (Å²) in [6.45, 7) is 0.925. The predicted molar refractivity (Wildman–Crippen MR) is 94.5 cm³/mol. The molecule has 1 aromatic carbocycles. The molecule has 0 unspecified atom stereocenters. The molecule has 4 heteroatoms. The van der Waals surface area contributed by atoms with Crippen LogP contribution in [0.3, 0.4) is 0 Å². The first-order chi connectivity index (χ1) is 11.4. The number of rotatable bonds is 4. The van der Waals surface area contributed by atoms with E-state index in [0.29, 0.717) is 6.10 Å². The van der Waals surface area contributed by atoms with Crippen molar-refractivity contribution in [1.29, 1.82) is 0 Å². The molecule has 1 aliphatic carbocycles. The Morgan fingerprint density at radius 1 is 1.09 bits per heavy atom. The van der Waals surface area contributed by atoms with Crippen LogP contribution in [0, 0.1) is 0 Å². The topological polar surface area (TPSA) is 27.1 Å². The third kappa shape index (κ3) is 3.33. The summed E-state index contributed by atoms with van der Waals surface area (Å²) < 4.78 is 8.28. The van der Waals surface area contributed by atoms with Gasteiger partial charge in [0, 0.05) is 23.7 Å². The third-order valence-corrected chi connectivity index (χ3v) is 5.86. The van der Waals surface area contributed by atoms with E-state index in [0.717, 1.165) is 30.4 Å². The zero-order chi connectivity index (χ0) is 15.5. The average Bonchev–Trinajstić information content (AvgIpc) is 3.00. The van der Waals surface area contributed by atoms with Crippen LogP contribution < -0.4 is 0 Å². The number of aromatic nitrogens is 2. The molecule has 0 saturated carbocycles. The van der Waals surface area contributed by atoms with Crippen LogP contribution in [0.25, 0.3) is 5.69 Å². The second-order valence-electron chi connectivity index (χ2n) is 6.47. The molecule has 2 heterocycles. The molecule has 1 aliphatic heterocycles. The van der Waals surface area contributed by atoms with Gasteiger partial charge in [0.2, 0.25) is 0 Å². The van der Waals surface area contributed by atoms with Gasteiger partial charge in [0.25, 0.3) is 0 Å². The summed E-state index contributed by atoms with van der Waals surface area (Å²) in [6.07, 6.45) is 8.93. The van der Waals surface area contributed by atoms with Gasteiger partial charge in [-0.15, -0.1) is 0 Å². The Labute approximate surface area is 142 Å². The summed E-state index contributed by atoms with van der Waals surface area (Å²) in [7, 11) is 0. The summed E-state index contributed by atoms with van der Waals surface area (Å²) >= 11 is 1.87. The number of aryl methyl sites for hydroxylation is 1. The number of nitrogens with zero attached hydrogens (tertiary/aromatic N) is 2. The fourth-order valence-electron chi connectivity index (χ4n) is 3.56. The maximum absolute atomic E-state index is 5.89. The standard InChI is InChI=1S/C19H24N2OS/c1-2-8-15(9-3-1)21-18-12-5-4-11-17(18)20-19(21)23-14-16-10-6-7-13-22-16/h1-3,8-9,16H,4-7,10-14H2/t16-/m1/s1. The van der Waals surface area contributed by atoms with Gasteiger partial charge in [0.1, 0.15) is 0 Å². The molecular formula is C19H24N2OS. The van der Waals surface area contributed by atoms with Crippen LogP contribution in [-0.2, 0) is 17.6 Å². The number of benzene rings is 1. The lowest BCUT2D eigenvalue weighted by molar-refractivity contribution is 0.0315. The Morgan fingerprint density at radius 3 is 2.78 bits per heavy atom. The zero-order valence-electron chi connectivity index (χ0n) is 13.5. The Morgan fingerprint density at radius 2 is 1.96 bits per heavy atom. The molecule has 0 bridgehead atoms. The van der Waals surface area contributed by atoms with Crippen molar-refractivity contribution in [1.82, 2.24) is 9.55 Å². The van der Waals surface area contributed by atoms with Crippen molar-refractivity contribution < 1.29 is 4.74 Å². The zero-order valence-corrected chi connectivity index (χ0v) is 14.4. The van der Waals surface area contributed by atoms with E-state index in [1.54, 1.807) is 0 Å². The van der Waals surface area contributed by atoms with Gasteiger partial charge in [-0.25, -0.2) is 4.98 Å². The van der Waals surface area contributed by atoms with Gasteiger partial charge in [0.15, 0.2) is 5.16 Å². The molecule has 1 fully saturated rings. The highest BCUT2D eigenvalue weighted by atomic mass is 32.2. The highest BCUT2D eigenvalue weighted by Crippen LogP contribution is 2.31. The second-order valence-corrected chi connectivity index (χ2v) is 7.45. The molecular weight excluding hydrogens is 304 g/mol. The number of hydrogen-bond donors (Lipinski definition) is 0. The molecule has 2 aliphatic rings. The fraction of sp³-hybridized carbons (Fsp3) is 0.526. The normalized spacial score (nSPS) is 21.1. The van der Waals surface area contributed by atoms with E-state index in [2.05, 4.69) is 34.9 Å². The van der Waals surface area contributed by atoms with Crippen LogP contribution in [0.1, 0.15) is 43.5 Å². The van der Waals surface area contributed by atoms with Crippen molar-refractivity contribution in [2.24, 2.45) is 0 Å². The van der Waals surface area contributed by atoms with E-state index >= 15 is 0 Å². The van der Waals surface area contributed by atoms with Gasteiger partial charge in [-0.2, -0.15) is 0 Å². The van der Waals surface area contributed by atoms with Crippen molar-refractivity contribution in [3.63, 3.8) is 0 Å². The average molecular weight is 328 g/mol. The molecule has 0 amide bonds. The van der Waals surface area contributed by atoms with Crippen LogP contribution in [0.5, 0.6) is 0 Å². The van der Waals surface area contributed by atoms with E-state index in [9.17, 15) is 0 Å². The van der Waals surface area contributed by atoms with Gasteiger partial charge in [-0.3, -0.25) is 4.57 Å². The highest BCUT2D eigenvalue weighted by molar-refractivity contribution is 7.99. The minimum absolute atomic E-state index is 0.395. The molecule has 23 heavy (non-hydrogen) atoms. The molecule has 122 valence electrons. The molecule has 1 aromatic heterocycles. The van der Waals surface area contributed by atoms with E-state index in [1.807, 2.05) is 11.8 Å². The van der Waals surface area contributed by atoms with Gasteiger partial charge >= 0.3 is 0 Å². The number of ether oxygens (including phenoxy) is 1. The first-order valence-corrected chi connectivity index (χ1v) is 9.81. The molecule has 3 nitrogen and oxygen atoms in total. The largest absolute Gasteiger partial charge is 0.377 e. The van der Waals surface area contributed by atoms with Gasteiger partial charge in [0.05, 0.1) is 11.8 Å². The number of imidazole rings is 1. The fourth-order valence-corrected chi connectivity index (χ4v) is 4.68. The number of hydrogen-bond acceptors (Lipinski definition) is 3. The molecule has 4 rings (SSSR count). The van der Waals surface area contributed by atoms with Gasteiger partial charge in [-0.1, -0.05) is 30.0 Å². The lowest BCUT2D eigenvalue weighted by Crippen LogP contribution is -2.21. The Balaban J connectivity index is 1.61. The molecule has 0 radical (unpaired) electrons.